The highest BCUT2D eigenvalue weighted by Gasteiger charge is 2.23. The third-order valence-electron chi connectivity index (χ3n) is 5.04. The number of para-hydroxylation sites is 1. The molecule has 1 amide bonds. The number of aromatic nitrogens is 3. The first-order valence-electron chi connectivity index (χ1n) is 9.38. The summed E-state index contributed by atoms with van der Waals surface area (Å²) in [4.78, 5) is 25.7. The molecule has 28 heavy (non-hydrogen) atoms. The van der Waals surface area contributed by atoms with Crippen LogP contribution in [0.15, 0.2) is 41.3 Å². The Morgan fingerprint density at radius 2 is 1.93 bits per heavy atom. The molecule has 3 aromatic rings. The number of benzene rings is 1. The van der Waals surface area contributed by atoms with Gasteiger partial charge in [0, 0.05) is 37.0 Å². The number of nitrogens with one attached hydrogen (secondary N) is 1. The number of carbonyl (C=O) groups is 1. The monoisotopic (exact) mass is 382 g/mol. The van der Waals surface area contributed by atoms with E-state index >= 15 is 0 Å². The highest BCUT2D eigenvalue weighted by Crippen LogP contribution is 2.26. The lowest BCUT2D eigenvalue weighted by Gasteiger charge is -2.18. The normalized spacial score (nSPS) is 12.3. The van der Waals surface area contributed by atoms with Crippen molar-refractivity contribution in [2.24, 2.45) is 0 Å². The van der Waals surface area contributed by atoms with E-state index in [9.17, 15) is 9.59 Å². The minimum atomic E-state index is -0.431. The fraction of sp³-hybridized carbons (Fsp3) is 0.381. The van der Waals surface area contributed by atoms with Gasteiger partial charge in [0.2, 0.25) is 5.91 Å². The van der Waals surface area contributed by atoms with Crippen LogP contribution in [0.2, 0.25) is 0 Å². The van der Waals surface area contributed by atoms with E-state index in [1.54, 1.807) is 13.3 Å². The summed E-state index contributed by atoms with van der Waals surface area (Å²) in [6.45, 7) is 6.79. The zero-order chi connectivity index (χ0) is 20.3. The van der Waals surface area contributed by atoms with Crippen molar-refractivity contribution in [1.29, 1.82) is 0 Å². The number of rotatable bonds is 7. The van der Waals surface area contributed by atoms with Crippen molar-refractivity contribution in [3.8, 4) is 5.69 Å². The lowest BCUT2D eigenvalue weighted by atomic mass is 10.2. The third-order valence-corrected chi connectivity index (χ3v) is 5.04. The van der Waals surface area contributed by atoms with Gasteiger partial charge in [0.1, 0.15) is 6.04 Å². The molecule has 1 aromatic carbocycles. The third kappa shape index (κ3) is 3.57. The molecule has 1 N–H and O–H groups in total. The zero-order valence-corrected chi connectivity index (χ0v) is 16.7. The van der Waals surface area contributed by atoms with Crippen LogP contribution in [0.1, 0.15) is 30.8 Å². The molecule has 7 nitrogen and oxygen atoms in total. The van der Waals surface area contributed by atoms with Crippen LogP contribution >= 0.6 is 0 Å². The van der Waals surface area contributed by atoms with E-state index in [-0.39, 0.29) is 11.5 Å². The number of carbonyl (C=O) groups excluding carboxylic acids is 1. The van der Waals surface area contributed by atoms with Gasteiger partial charge in [0.25, 0.3) is 5.56 Å². The molecule has 2 heterocycles. The van der Waals surface area contributed by atoms with Gasteiger partial charge >= 0.3 is 0 Å². The Kier molecular flexibility index (Phi) is 5.94. The topological polar surface area (TPSA) is 78.2 Å². The summed E-state index contributed by atoms with van der Waals surface area (Å²) in [5.74, 6) is -0.0843. The number of fused-ring (bicyclic) bond motifs is 1. The second kappa shape index (κ2) is 8.39. The molecule has 0 fully saturated rings. The zero-order valence-electron chi connectivity index (χ0n) is 16.7. The predicted octanol–water partition coefficient (Wildman–Crippen LogP) is 2.52. The molecule has 3 rings (SSSR count). The quantitative estimate of drug-likeness (QED) is 0.637. The lowest BCUT2D eigenvalue weighted by molar-refractivity contribution is -0.123. The highest BCUT2D eigenvalue weighted by atomic mass is 16.5. The summed E-state index contributed by atoms with van der Waals surface area (Å²) < 4.78 is 8.32. The molecule has 0 spiro atoms. The summed E-state index contributed by atoms with van der Waals surface area (Å²) >= 11 is 0. The molecule has 0 aliphatic rings. The predicted molar refractivity (Wildman–Crippen MR) is 109 cm³/mol. The number of ether oxygens (including phenoxy) is 1. The fourth-order valence-electron chi connectivity index (χ4n) is 3.61. The maximum Gasteiger partial charge on any atom is 0.281 e. The Morgan fingerprint density at radius 3 is 2.61 bits per heavy atom. The van der Waals surface area contributed by atoms with Gasteiger partial charge < -0.3 is 14.6 Å². The van der Waals surface area contributed by atoms with Crippen LogP contribution in [0.3, 0.4) is 0 Å². The Labute approximate surface area is 163 Å². The van der Waals surface area contributed by atoms with Gasteiger partial charge in [0.15, 0.2) is 0 Å². The van der Waals surface area contributed by atoms with Crippen LogP contribution in [-0.4, -0.2) is 40.5 Å². The van der Waals surface area contributed by atoms with Crippen molar-refractivity contribution < 1.29 is 9.53 Å². The maximum atomic E-state index is 13.1. The molecule has 0 aliphatic heterocycles. The molecule has 0 saturated heterocycles. The number of methoxy groups -OCH3 is 1. The summed E-state index contributed by atoms with van der Waals surface area (Å²) in [6, 6.07) is 8.89. The first-order valence-corrected chi connectivity index (χ1v) is 9.38. The average Bonchev–Trinajstić information content (AvgIpc) is 2.96. The molecule has 0 bridgehead atoms. The van der Waals surface area contributed by atoms with Gasteiger partial charge in [-0.15, -0.1) is 0 Å². The molecule has 0 aliphatic carbocycles. The molecule has 148 valence electrons. The van der Waals surface area contributed by atoms with Crippen molar-refractivity contribution in [2.45, 2.75) is 33.2 Å². The standard InChI is InChI=1S/C21H26N4O3/c1-14-18-13-23-25(17-9-6-5-7-10-17)21(27)19(18)15(2)24(14)16(3)20(26)22-11-8-12-28-4/h5-7,9-10,13,16H,8,11-12H2,1-4H3,(H,22,26). The highest BCUT2D eigenvalue weighted by molar-refractivity contribution is 5.89. The van der Waals surface area contributed by atoms with Gasteiger partial charge in [-0.1, -0.05) is 18.2 Å². The maximum absolute atomic E-state index is 13.1. The van der Waals surface area contributed by atoms with E-state index in [4.69, 9.17) is 4.74 Å². The lowest BCUT2D eigenvalue weighted by Crippen LogP contribution is -2.33. The van der Waals surface area contributed by atoms with Crippen LogP contribution in [0.25, 0.3) is 16.5 Å². The van der Waals surface area contributed by atoms with Gasteiger partial charge in [-0.2, -0.15) is 9.78 Å². The first kappa shape index (κ1) is 19.8. The van der Waals surface area contributed by atoms with Crippen molar-refractivity contribution >= 4 is 16.7 Å². The van der Waals surface area contributed by atoms with Gasteiger partial charge in [-0.05, 0) is 39.3 Å². The second-order valence-corrected chi connectivity index (χ2v) is 6.84. The molecule has 0 radical (unpaired) electrons. The van der Waals surface area contributed by atoms with E-state index in [2.05, 4.69) is 10.4 Å². The van der Waals surface area contributed by atoms with Gasteiger partial charge in [-0.25, -0.2) is 0 Å². The molecule has 1 atom stereocenters. The van der Waals surface area contributed by atoms with Crippen LogP contribution in [0, 0.1) is 13.8 Å². The Bertz CT molecular complexity index is 1040. The van der Waals surface area contributed by atoms with Crippen molar-refractivity contribution in [1.82, 2.24) is 19.7 Å². The minimum Gasteiger partial charge on any atom is -0.385 e. The van der Waals surface area contributed by atoms with E-state index in [1.165, 1.54) is 4.68 Å². The van der Waals surface area contributed by atoms with E-state index in [0.717, 1.165) is 23.2 Å². The summed E-state index contributed by atoms with van der Waals surface area (Å²) in [5.41, 5.74) is 2.15. The SMILES string of the molecule is COCCCNC(=O)C(C)n1c(C)c2cnn(-c3ccccc3)c(=O)c2c1C. The van der Waals surface area contributed by atoms with Crippen LogP contribution < -0.4 is 10.9 Å². The fourth-order valence-corrected chi connectivity index (χ4v) is 3.61. The summed E-state index contributed by atoms with van der Waals surface area (Å²) in [6.07, 6.45) is 2.46. The van der Waals surface area contributed by atoms with Crippen LogP contribution in [-0.2, 0) is 9.53 Å². The van der Waals surface area contributed by atoms with Crippen LogP contribution in [0.5, 0.6) is 0 Å². The number of aryl methyl sites for hydroxylation is 2. The minimum absolute atomic E-state index is 0.0843. The van der Waals surface area contributed by atoms with Crippen molar-refractivity contribution in [3.63, 3.8) is 0 Å². The molecule has 1 unspecified atom stereocenters. The Hall–Kier alpha value is -2.93. The smallest absolute Gasteiger partial charge is 0.281 e. The van der Waals surface area contributed by atoms with Crippen molar-refractivity contribution in [2.75, 3.05) is 20.3 Å². The molecule has 7 heteroatoms. The number of hydrogen-bond donors (Lipinski definition) is 1. The summed E-state index contributed by atoms with van der Waals surface area (Å²) in [7, 11) is 1.64. The number of nitrogens with zero attached hydrogens (tertiary/aromatic N) is 3. The van der Waals surface area contributed by atoms with E-state index in [1.807, 2.05) is 55.7 Å². The molecular formula is C21H26N4O3. The molecule has 0 saturated carbocycles. The van der Waals surface area contributed by atoms with Gasteiger partial charge in [-0.3, -0.25) is 9.59 Å². The van der Waals surface area contributed by atoms with Crippen molar-refractivity contribution in [3.05, 3.63) is 58.3 Å². The first-order chi connectivity index (χ1) is 13.5. The summed E-state index contributed by atoms with van der Waals surface area (Å²) in [5, 5.41) is 8.64. The van der Waals surface area contributed by atoms with Crippen LogP contribution in [0.4, 0.5) is 0 Å². The van der Waals surface area contributed by atoms with Gasteiger partial charge in [0.05, 0.1) is 17.3 Å². The number of amides is 1. The molecule has 2 aromatic heterocycles. The van der Waals surface area contributed by atoms with E-state index < -0.39 is 6.04 Å². The molecular weight excluding hydrogens is 356 g/mol. The average molecular weight is 382 g/mol. The Balaban J connectivity index is 2.00. The second-order valence-electron chi connectivity index (χ2n) is 6.84. The van der Waals surface area contributed by atoms with E-state index in [0.29, 0.717) is 24.2 Å². The Morgan fingerprint density at radius 1 is 1.21 bits per heavy atom. The number of hydrogen-bond acceptors (Lipinski definition) is 4. The largest absolute Gasteiger partial charge is 0.385 e.